The molecule has 0 atom stereocenters. The van der Waals surface area contributed by atoms with Crippen molar-refractivity contribution in [3.63, 3.8) is 0 Å². The molecule has 0 saturated carbocycles. The SMILES string of the molecule is [c]1ccccc1-c1ccccc1-c1ncco1. The van der Waals surface area contributed by atoms with Crippen molar-refractivity contribution in [2.75, 3.05) is 0 Å². The van der Waals surface area contributed by atoms with E-state index >= 15 is 0 Å². The van der Waals surface area contributed by atoms with E-state index in [0.717, 1.165) is 16.7 Å². The second kappa shape index (κ2) is 4.26. The van der Waals surface area contributed by atoms with Gasteiger partial charge in [0.1, 0.15) is 6.26 Å². The molecule has 1 heterocycles. The zero-order valence-corrected chi connectivity index (χ0v) is 9.13. The molecule has 0 unspecified atom stereocenters. The molecule has 0 aliphatic rings. The lowest BCUT2D eigenvalue weighted by Crippen LogP contribution is -1.84. The number of oxazole rings is 1. The zero-order valence-electron chi connectivity index (χ0n) is 9.13. The lowest BCUT2D eigenvalue weighted by molar-refractivity contribution is 0.575. The van der Waals surface area contributed by atoms with E-state index in [2.05, 4.69) is 11.1 Å². The van der Waals surface area contributed by atoms with Crippen molar-refractivity contribution in [1.82, 2.24) is 4.98 Å². The second-order valence-electron chi connectivity index (χ2n) is 3.66. The van der Waals surface area contributed by atoms with Crippen LogP contribution in [-0.2, 0) is 0 Å². The fraction of sp³-hybridized carbons (Fsp3) is 0. The summed E-state index contributed by atoms with van der Waals surface area (Å²) >= 11 is 0. The number of hydrogen-bond acceptors (Lipinski definition) is 2. The molecule has 2 heteroatoms. The Hall–Kier alpha value is -2.35. The highest BCUT2D eigenvalue weighted by atomic mass is 16.3. The van der Waals surface area contributed by atoms with Crippen LogP contribution in [0.15, 0.2) is 65.4 Å². The van der Waals surface area contributed by atoms with Gasteiger partial charge in [-0.1, -0.05) is 42.5 Å². The minimum Gasteiger partial charge on any atom is -0.445 e. The maximum absolute atomic E-state index is 5.36. The monoisotopic (exact) mass is 220 g/mol. The van der Waals surface area contributed by atoms with Crippen LogP contribution in [0.5, 0.6) is 0 Å². The Bertz CT molecular complexity index is 600. The Labute approximate surface area is 99.6 Å². The van der Waals surface area contributed by atoms with E-state index < -0.39 is 0 Å². The fourth-order valence-corrected chi connectivity index (χ4v) is 1.82. The summed E-state index contributed by atoms with van der Waals surface area (Å²) in [6.07, 6.45) is 3.24. The summed E-state index contributed by atoms with van der Waals surface area (Å²) in [6.45, 7) is 0. The van der Waals surface area contributed by atoms with Gasteiger partial charge in [-0.05, 0) is 23.3 Å². The van der Waals surface area contributed by atoms with Gasteiger partial charge in [-0.25, -0.2) is 4.98 Å². The third-order valence-electron chi connectivity index (χ3n) is 2.59. The van der Waals surface area contributed by atoms with Crippen LogP contribution in [0, 0.1) is 6.07 Å². The Morgan fingerprint density at radius 3 is 2.47 bits per heavy atom. The van der Waals surface area contributed by atoms with Crippen molar-refractivity contribution in [3.05, 3.63) is 67.1 Å². The van der Waals surface area contributed by atoms with Gasteiger partial charge >= 0.3 is 0 Å². The van der Waals surface area contributed by atoms with Gasteiger partial charge < -0.3 is 4.42 Å². The summed E-state index contributed by atoms with van der Waals surface area (Å²) in [6, 6.07) is 19.1. The molecule has 1 radical (unpaired) electrons. The maximum Gasteiger partial charge on any atom is 0.226 e. The lowest BCUT2D eigenvalue weighted by Gasteiger charge is -2.05. The summed E-state index contributed by atoms with van der Waals surface area (Å²) < 4.78 is 5.36. The van der Waals surface area contributed by atoms with Crippen molar-refractivity contribution < 1.29 is 4.42 Å². The molecule has 81 valence electrons. The van der Waals surface area contributed by atoms with Crippen LogP contribution in [0.4, 0.5) is 0 Å². The van der Waals surface area contributed by atoms with E-state index in [-0.39, 0.29) is 0 Å². The van der Waals surface area contributed by atoms with Crippen molar-refractivity contribution in [1.29, 1.82) is 0 Å². The third-order valence-corrected chi connectivity index (χ3v) is 2.59. The number of aromatic nitrogens is 1. The first-order valence-electron chi connectivity index (χ1n) is 5.41. The average molecular weight is 220 g/mol. The highest BCUT2D eigenvalue weighted by molar-refractivity contribution is 5.79. The van der Waals surface area contributed by atoms with Crippen LogP contribution in [0.2, 0.25) is 0 Å². The smallest absolute Gasteiger partial charge is 0.226 e. The standard InChI is InChI=1S/C15H10NO/c1-2-6-12(7-3-1)13-8-4-5-9-14(13)15-16-10-11-17-15/h1-6,8-11H. The quantitative estimate of drug-likeness (QED) is 0.656. The van der Waals surface area contributed by atoms with E-state index in [1.807, 2.05) is 48.5 Å². The highest BCUT2D eigenvalue weighted by Gasteiger charge is 2.09. The lowest BCUT2D eigenvalue weighted by atomic mass is 10.00. The predicted octanol–water partition coefficient (Wildman–Crippen LogP) is 3.81. The second-order valence-corrected chi connectivity index (χ2v) is 3.66. The van der Waals surface area contributed by atoms with Gasteiger partial charge in [-0.2, -0.15) is 0 Å². The predicted molar refractivity (Wildman–Crippen MR) is 66.2 cm³/mol. The van der Waals surface area contributed by atoms with Crippen molar-refractivity contribution in [2.45, 2.75) is 0 Å². The van der Waals surface area contributed by atoms with Crippen molar-refractivity contribution in [3.8, 4) is 22.6 Å². The molecule has 1 aromatic heterocycles. The van der Waals surface area contributed by atoms with Crippen LogP contribution in [0.1, 0.15) is 0 Å². The van der Waals surface area contributed by atoms with Gasteiger partial charge in [-0.15, -0.1) is 0 Å². The summed E-state index contributed by atoms with van der Waals surface area (Å²) in [5.74, 6) is 0.637. The molecular formula is C15H10NO. The van der Waals surface area contributed by atoms with Gasteiger partial charge in [0.15, 0.2) is 0 Å². The minimum atomic E-state index is 0.637. The minimum absolute atomic E-state index is 0.637. The first kappa shape index (κ1) is 9.85. The zero-order chi connectivity index (χ0) is 11.5. The molecule has 0 bridgehead atoms. The van der Waals surface area contributed by atoms with Crippen LogP contribution in [-0.4, -0.2) is 4.98 Å². The largest absolute Gasteiger partial charge is 0.445 e. The third kappa shape index (κ3) is 1.85. The van der Waals surface area contributed by atoms with E-state index in [0.29, 0.717) is 5.89 Å². The molecule has 2 aromatic carbocycles. The van der Waals surface area contributed by atoms with Gasteiger partial charge in [-0.3, -0.25) is 0 Å². The number of nitrogens with zero attached hydrogens (tertiary/aromatic N) is 1. The molecule has 2 nitrogen and oxygen atoms in total. The first-order chi connectivity index (χ1) is 8.45. The topological polar surface area (TPSA) is 26.0 Å². The summed E-state index contributed by atoms with van der Waals surface area (Å²) in [4.78, 5) is 4.19. The van der Waals surface area contributed by atoms with Gasteiger partial charge in [0, 0.05) is 5.56 Å². The molecule has 0 aliphatic heterocycles. The molecule has 0 N–H and O–H groups in total. The van der Waals surface area contributed by atoms with Gasteiger partial charge in [0.05, 0.1) is 6.20 Å². The summed E-state index contributed by atoms with van der Waals surface area (Å²) in [5.41, 5.74) is 3.11. The number of hydrogen-bond donors (Lipinski definition) is 0. The Kier molecular flexibility index (Phi) is 2.47. The Morgan fingerprint density at radius 1 is 0.941 bits per heavy atom. The summed E-state index contributed by atoms with van der Waals surface area (Å²) in [5, 5.41) is 0. The first-order valence-corrected chi connectivity index (χ1v) is 5.41. The average Bonchev–Trinajstić information content (AvgIpc) is 2.94. The fourth-order valence-electron chi connectivity index (χ4n) is 1.82. The molecule has 0 saturated heterocycles. The summed E-state index contributed by atoms with van der Waals surface area (Å²) in [7, 11) is 0. The van der Waals surface area contributed by atoms with Crippen molar-refractivity contribution in [2.24, 2.45) is 0 Å². The van der Waals surface area contributed by atoms with Crippen LogP contribution in [0.25, 0.3) is 22.6 Å². The molecule has 0 fully saturated rings. The molecular weight excluding hydrogens is 210 g/mol. The molecule has 0 spiro atoms. The maximum atomic E-state index is 5.36. The molecule has 3 rings (SSSR count). The van der Waals surface area contributed by atoms with Gasteiger partial charge in [0.25, 0.3) is 0 Å². The number of rotatable bonds is 2. The molecule has 0 aliphatic carbocycles. The van der Waals surface area contributed by atoms with E-state index in [4.69, 9.17) is 4.42 Å². The normalized spacial score (nSPS) is 10.4. The van der Waals surface area contributed by atoms with Gasteiger partial charge in [0.2, 0.25) is 5.89 Å². The van der Waals surface area contributed by atoms with Crippen LogP contribution < -0.4 is 0 Å². The van der Waals surface area contributed by atoms with Crippen LogP contribution in [0.3, 0.4) is 0 Å². The Morgan fingerprint density at radius 2 is 1.76 bits per heavy atom. The highest BCUT2D eigenvalue weighted by Crippen LogP contribution is 2.30. The van der Waals surface area contributed by atoms with Crippen molar-refractivity contribution >= 4 is 0 Å². The van der Waals surface area contributed by atoms with E-state index in [1.165, 1.54) is 0 Å². The Balaban J connectivity index is 2.18. The molecule has 17 heavy (non-hydrogen) atoms. The number of benzene rings is 2. The van der Waals surface area contributed by atoms with E-state index in [9.17, 15) is 0 Å². The molecule has 0 amide bonds. The molecule has 3 aromatic rings. The van der Waals surface area contributed by atoms with Crippen LogP contribution >= 0.6 is 0 Å². The van der Waals surface area contributed by atoms with E-state index in [1.54, 1.807) is 12.5 Å².